The molecule has 5 heteroatoms. The van der Waals surface area contributed by atoms with Crippen LogP contribution in [0.2, 0.25) is 0 Å². The summed E-state index contributed by atoms with van der Waals surface area (Å²) in [5.41, 5.74) is 1.45. The monoisotopic (exact) mass is 318 g/mol. The summed E-state index contributed by atoms with van der Waals surface area (Å²) in [7, 11) is 0. The van der Waals surface area contributed by atoms with Gasteiger partial charge in [0.15, 0.2) is 0 Å². The van der Waals surface area contributed by atoms with Gasteiger partial charge in [0.25, 0.3) is 0 Å². The van der Waals surface area contributed by atoms with Gasteiger partial charge >= 0.3 is 0 Å². The fourth-order valence-electron chi connectivity index (χ4n) is 2.37. The van der Waals surface area contributed by atoms with Crippen molar-refractivity contribution in [1.29, 1.82) is 0 Å². The van der Waals surface area contributed by atoms with E-state index in [4.69, 9.17) is 4.42 Å². The van der Waals surface area contributed by atoms with E-state index in [0.29, 0.717) is 30.2 Å². The van der Waals surface area contributed by atoms with Crippen molar-refractivity contribution in [3.8, 4) is 0 Å². The maximum Gasteiger partial charge on any atom is 0.224 e. The molecule has 0 aliphatic rings. The molecule has 0 aliphatic carbocycles. The van der Waals surface area contributed by atoms with E-state index in [2.05, 4.69) is 24.5 Å². The van der Waals surface area contributed by atoms with Crippen LogP contribution in [0.3, 0.4) is 0 Å². The van der Waals surface area contributed by atoms with Gasteiger partial charge in [-0.3, -0.25) is 4.79 Å². The van der Waals surface area contributed by atoms with Crippen LogP contribution >= 0.6 is 0 Å². The normalized spacial score (nSPS) is 12.7. The number of hydrogen-bond acceptors (Lipinski definition) is 4. The van der Waals surface area contributed by atoms with Crippen molar-refractivity contribution in [3.05, 3.63) is 30.0 Å². The Morgan fingerprint density at radius 3 is 2.74 bits per heavy atom. The van der Waals surface area contributed by atoms with Crippen LogP contribution in [-0.4, -0.2) is 24.1 Å². The predicted octanol–water partition coefficient (Wildman–Crippen LogP) is 3.45. The van der Waals surface area contributed by atoms with Gasteiger partial charge in [0.05, 0.1) is 0 Å². The summed E-state index contributed by atoms with van der Waals surface area (Å²) in [5, 5.41) is 17.1. The molecule has 0 saturated carbocycles. The van der Waals surface area contributed by atoms with Crippen LogP contribution in [0, 0.1) is 5.92 Å². The molecular weight excluding hydrogens is 292 g/mol. The van der Waals surface area contributed by atoms with E-state index in [1.165, 1.54) is 0 Å². The van der Waals surface area contributed by atoms with Crippen LogP contribution in [0.15, 0.2) is 28.7 Å². The van der Waals surface area contributed by atoms with Gasteiger partial charge in [0.1, 0.15) is 17.4 Å². The van der Waals surface area contributed by atoms with Crippen molar-refractivity contribution in [2.24, 2.45) is 5.92 Å². The lowest BCUT2D eigenvalue weighted by molar-refractivity contribution is -0.116. The minimum absolute atomic E-state index is 0.00786. The van der Waals surface area contributed by atoms with Crippen LogP contribution in [0.1, 0.15) is 45.5 Å². The van der Waals surface area contributed by atoms with Gasteiger partial charge in [-0.25, -0.2) is 0 Å². The molecular formula is C18H26N2O3. The lowest BCUT2D eigenvalue weighted by Gasteiger charge is -2.10. The summed E-state index contributed by atoms with van der Waals surface area (Å²) in [6.07, 6.45) is 0.647. The van der Waals surface area contributed by atoms with E-state index in [1.54, 1.807) is 0 Å². The maximum atomic E-state index is 11.7. The van der Waals surface area contributed by atoms with Gasteiger partial charge in [-0.2, -0.15) is 0 Å². The number of aliphatic hydroxyl groups excluding tert-OH is 1. The zero-order chi connectivity index (χ0) is 16.8. The van der Waals surface area contributed by atoms with Crippen LogP contribution in [0.25, 0.3) is 11.0 Å². The van der Waals surface area contributed by atoms with Crippen LogP contribution < -0.4 is 10.6 Å². The number of aliphatic hydroxyl groups is 1. The molecule has 1 aromatic heterocycles. The smallest absolute Gasteiger partial charge is 0.224 e. The quantitative estimate of drug-likeness (QED) is 0.697. The number of furan rings is 1. The van der Waals surface area contributed by atoms with Crippen molar-refractivity contribution in [3.63, 3.8) is 0 Å². The SMILES string of the molecule is CCCC(=O)Nc1ccc2oc(C(O)CNCC(C)C)cc2c1. The first-order chi connectivity index (χ1) is 11.0. The van der Waals surface area contributed by atoms with Crippen LogP contribution in [0.4, 0.5) is 5.69 Å². The van der Waals surface area contributed by atoms with E-state index in [1.807, 2.05) is 31.2 Å². The number of rotatable bonds is 8. The Kier molecular flexibility index (Phi) is 6.19. The van der Waals surface area contributed by atoms with Crippen molar-refractivity contribution < 1.29 is 14.3 Å². The van der Waals surface area contributed by atoms with Gasteiger partial charge in [0, 0.05) is 24.0 Å². The highest BCUT2D eigenvalue weighted by molar-refractivity contribution is 5.93. The van der Waals surface area contributed by atoms with Gasteiger partial charge in [-0.1, -0.05) is 20.8 Å². The summed E-state index contributed by atoms with van der Waals surface area (Å²) < 4.78 is 5.69. The standard InChI is InChI=1S/C18H26N2O3/c1-4-5-18(22)20-14-6-7-16-13(8-14)9-17(23-16)15(21)11-19-10-12(2)3/h6-9,12,15,19,21H,4-5,10-11H2,1-3H3,(H,20,22). The first-order valence-corrected chi connectivity index (χ1v) is 8.21. The first kappa shape index (κ1) is 17.5. The number of anilines is 1. The Bertz CT molecular complexity index is 649. The second-order valence-electron chi connectivity index (χ2n) is 6.27. The van der Waals surface area contributed by atoms with Crippen LogP contribution in [0.5, 0.6) is 0 Å². The molecule has 0 bridgehead atoms. The molecule has 1 aromatic carbocycles. The molecule has 1 heterocycles. The fourth-order valence-corrected chi connectivity index (χ4v) is 2.37. The molecule has 23 heavy (non-hydrogen) atoms. The summed E-state index contributed by atoms with van der Waals surface area (Å²) >= 11 is 0. The first-order valence-electron chi connectivity index (χ1n) is 8.21. The molecule has 1 amide bonds. The Morgan fingerprint density at radius 1 is 1.26 bits per heavy atom. The lowest BCUT2D eigenvalue weighted by Crippen LogP contribution is -2.25. The van der Waals surface area contributed by atoms with E-state index >= 15 is 0 Å². The highest BCUT2D eigenvalue weighted by atomic mass is 16.4. The van der Waals surface area contributed by atoms with E-state index in [0.717, 1.165) is 24.0 Å². The molecule has 0 fully saturated rings. The average Bonchev–Trinajstić information content (AvgIpc) is 2.90. The Balaban J connectivity index is 2.05. The average molecular weight is 318 g/mol. The molecule has 0 spiro atoms. The summed E-state index contributed by atoms with van der Waals surface area (Å²) in [4.78, 5) is 11.7. The van der Waals surface area contributed by atoms with Crippen molar-refractivity contribution in [2.75, 3.05) is 18.4 Å². The summed E-state index contributed by atoms with van der Waals surface area (Å²) in [5.74, 6) is 1.08. The van der Waals surface area contributed by atoms with E-state index in [-0.39, 0.29) is 5.91 Å². The minimum atomic E-state index is -0.681. The molecule has 5 nitrogen and oxygen atoms in total. The van der Waals surface area contributed by atoms with Crippen molar-refractivity contribution in [1.82, 2.24) is 5.32 Å². The topological polar surface area (TPSA) is 74.5 Å². The number of benzene rings is 1. The maximum absolute atomic E-state index is 11.7. The zero-order valence-corrected chi connectivity index (χ0v) is 14.1. The van der Waals surface area contributed by atoms with Gasteiger partial charge in [-0.15, -0.1) is 0 Å². The summed E-state index contributed by atoms with van der Waals surface area (Å²) in [6, 6.07) is 7.32. The Morgan fingerprint density at radius 2 is 2.04 bits per heavy atom. The third kappa shape index (κ3) is 5.08. The number of amides is 1. The predicted molar refractivity (Wildman–Crippen MR) is 92.4 cm³/mol. The van der Waals surface area contributed by atoms with Crippen molar-refractivity contribution >= 4 is 22.6 Å². The molecule has 1 atom stereocenters. The molecule has 0 aliphatic heterocycles. The third-order valence-corrected chi connectivity index (χ3v) is 3.51. The van der Waals surface area contributed by atoms with E-state index in [9.17, 15) is 9.90 Å². The second kappa shape index (κ2) is 8.13. The molecule has 2 aromatic rings. The molecule has 126 valence electrons. The lowest BCUT2D eigenvalue weighted by atomic mass is 10.2. The van der Waals surface area contributed by atoms with Gasteiger partial charge in [0.2, 0.25) is 5.91 Å². The molecule has 0 radical (unpaired) electrons. The fraction of sp³-hybridized carbons (Fsp3) is 0.500. The van der Waals surface area contributed by atoms with Crippen molar-refractivity contribution in [2.45, 2.75) is 39.7 Å². The number of fused-ring (bicyclic) bond motifs is 1. The van der Waals surface area contributed by atoms with Gasteiger partial charge in [-0.05, 0) is 43.1 Å². The van der Waals surface area contributed by atoms with E-state index < -0.39 is 6.10 Å². The van der Waals surface area contributed by atoms with Crippen LogP contribution in [-0.2, 0) is 4.79 Å². The molecule has 1 unspecified atom stereocenters. The highest BCUT2D eigenvalue weighted by Crippen LogP contribution is 2.26. The molecule has 2 rings (SSSR count). The molecule has 0 saturated heterocycles. The zero-order valence-electron chi connectivity index (χ0n) is 14.1. The Hall–Kier alpha value is -1.85. The number of carbonyl (C=O) groups is 1. The van der Waals surface area contributed by atoms with Gasteiger partial charge < -0.3 is 20.2 Å². The largest absolute Gasteiger partial charge is 0.458 e. The second-order valence-corrected chi connectivity index (χ2v) is 6.27. The number of hydrogen-bond donors (Lipinski definition) is 3. The minimum Gasteiger partial charge on any atom is -0.458 e. The highest BCUT2D eigenvalue weighted by Gasteiger charge is 2.14. The number of nitrogens with one attached hydrogen (secondary N) is 2. The third-order valence-electron chi connectivity index (χ3n) is 3.51. The molecule has 3 N–H and O–H groups in total. The Labute approximate surface area is 137 Å². The summed E-state index contributed by atoms with van der Waals surface area (Å²) in [6.45, 7) is 7.52. The number of carbonyl (C=O) groups excluding carboxylic acids is 1.